The lowest BCUT2D eigenvalue weighted by molar-refractivity contribution is -0.274. The largest absolute Gasteiger partial charge is 0.573 e. The van der Waals surface area contributed by atoms with Crippen LogP contribution in [0, 0.1) is 5.82 Å². The number of hydrogen-bond donors (Lipinski definition) is 1. The summed E-state index contributed by atoms with van der Waals surface area (Å²) in [4.78, 5) is 27.2. The second-order valence-corrected chi connectivity index (χ2v) is 12.2. The summed E-state index contributed by atoms with van der Waals surface area (Å²) in [6.07, 6.45) is -7.32. The lowest BCUT2D eigenvalue weighted by Crippen LogP contribution is -2.49. The highest BCUT2D eigenvalue weighted by atomic mass is 19.4. The standard InChI is InChI=1S/C29H30F6N4O5/c1-26(2,3)24-38-37-22(42-24)17-11-21-18(12-19(17)30)28(31,32)13-20(36-25(41)44-27(4,5)6)23(40)39(21)14-15-7-9-16(10-8-15)43-29(33,34)35/h7-12,20H,13-14H2,1-6H3,(H,36,41). The number of anilines is 1. The second-order valence-electron chi connectivity index (χ2n) is 12.2. The Morgan fingerprint density at radius 3 is 2.25 bits per heavy atom. The fourth-order valence-electron chi connectivity index (χ4n) is 4.34. The Bertz CT molecular complexity index is 1540. The van der Waals surface area contributed by atoms with Gasteiger partial charge in [-0.3, -0.25) is 4.79 Å². The molecule has 0 saturated heterocycles. The minimum absolute atomic E-state index is 0.142. The van der Waals surface area contributed by atoms with Crippen LogP contribution < -0.4 is 15.0 Å². The van der Waals surface area contributed by atoms with Gasteiger partial charge in [0.1, 0.15) is 23.2 Å². The minimum atomic E-state index is -4.95. The van der Waals surface area contributed by atoms with E-state index in [0.29, 0.717) is 6.07 Å². The molecule has 2 amide bonds. The van der Waals surface area contributed by atoms with E-state index in [0.717, 1.165) is 23.1 Å². The molecule has 1 atom stereocenters. The average Bonchev–Trinajstić information content (AvgIpc) is 3.34. The molecular weight excluding hydrogens is 598 g/mol. The topological polar surface area (TPSA) is 107 Å². The number of rotatable bonds is 5. The summed E-state index contributed by atoms with van der Waals surface area (Å²) in [6, 6.07) is 4.06. The van der Waals surface area contributed by atoms with Crippen LogP contribution in [0.15, 0.2) is 40.8 Å². The van der Waals surface area contributed by atoms with Crippen LogP contribution in [0.3, 0.4) is 0 Å². The zero-order chi connectivity index (χ0) is 32.8. The van der Waals surface area contributed by atoms with E-state index in [1.165, 1.54) is 32.9 Å². The van der Waals surface area contributed by atoms with E-state index in [4.69, 9.17) is 9.15 Å². The molecule has 1 aliphatic rings. The van der Waals surface area contributed by atoms with Crippen LogP contribution in [0.5, 0.6) is 5.75 Å². The van der Waals surface area contributed by atoms with Crippen molar-refractivity contribution in [2.75, 3.05) is 4.90 Å². The predicted molar refractivity (Wildman–Crippen MR) is 144 cm³/mol. The van der Waals surface area contributed by atoms with E-state index in [1.807, 2.05) is 0 Å². The molecule has 9 nitrogen and oxygen atoms in total. The zero-order valence-corrected chi connectivity index (χ0v) is 24.6. The van der Waals surface area contributed by atoms with Crippen molar-refractivity contribution in [3.63, 3.8) is 0 Å². The fraction of sp³-hybridized carbons (Fsp3) is 0.448. The van der Waals surface area contributed by atoms with E-state index in [1.54, 1.807) is 20.8 Å². The number of alkyl halides is 5. The summed E-state index contributed by atoms with van der Waals surface area (Å²) in [7, 11) is 0. The summed E-state index contributed by atoms with van der Waals surface area (Å²) in [5.74, 6) is -6.71. The van der Waals surface area contributed by atoms with E-state index in [2.05, 4.69) is 20.3 Å². The molecule has 15 heteroatoms. The number of nitrogens with zero attached hydrogens (tertiary/aromatic N) is 3. The maximum atomic E-state index is 15.8. The molecule has 2 aromatic carbocycles. The lowest BCUT2D eigenvalue weighted by atomic mass is 9.97. The maximum absolute atomic E-state index is 15.8. The van der Waals surface area contributed by atoms with Gasteiger partial charge in [-0.15, -0.1) is 23.4 Å². The fourth-order valence-corrected chi connectivity index (χ4v) is 4.34. The number of halogens is 6. The van der Waals surface area contributed by atoms with Gasteiger partial charge < -0.3 is 24.1 Å². The van der Waals surface area contributed by atoms with Crippen LogP contribution in [-0.2, 0) is 27.4 Å². The molecule has 0 radical (unpaired) electrons. The van der Waals surface area contributed by atoms with Crippen molar-refractivity contribution < 1.29 is 49.8 Å². The van der Waals surface area contributed by atoms with Crippen molar-refractivity contribution in [3.05, 3.63) is 59.2 Å². The summed E-state index contributed by atoms with van der Waals surface area (Å²) in [5, 5.41) is 9.93. The first-order valence-corrected chi connectivity index (χ1v) is 13.3. The number of carbonyl (C=O) groups is 2. The Labute approximate surface area is 248 Å². The maximum Gasteiger partial charge on any atom is 0.573 e. The number of amides is 2. The molecule has 3 aromatic rings. The molecule has 0 saturated carbocycles. The summed E-state index contributed by atoms with van der Waals surface area (Å²) >= 11 is 0. The third-order valence-electron chi connectivity index (χ3n) is 6.28. The van der Waals surface area contributed by atoms with Gasteiger partial charge in [0.15, 0.2) is 0 Å². The normalized spacial score (nSPS) is 17.1. The quantitative estimate of drug-likeness (QED) is 0.304. The Morgan fingerprint density at radius 2 is 1.70 bits per heavy atom. The molecule has 2 heterocycles. The SMILES string of the molecule is CC(C)(C)OC(=O)NC1CC(F)(F)c2cc(F)c(-c3nnc(C(C)(C)C)o3)cc2N(Cc2ccc(OC(F)(F)F)cc2)C1=O. The molecule has 1 unspecified atom stereocenters. The van der Waals surface area contributed by atoms with Crippen LogP contribution in [0.4, 0.5) is 36.8 Å². The molecule has 0 spiro atoms. The molecule has 44 heavy (non-hydrogen) atoms. The van der Waals surface area contributed by atoms with Gasteiger partial charge in [0, 0.05) is 17.4 Å². The van der Waals surface area contributed by atoms with E-state index in [-0.39, 0.29) is 22.9 Å². The molecule has 4 rings (SSSR count). The van der Waals surface area contributed by atoms with Crippen LogP contribution in [-0.4, -0.2) is 40.2 Å². The van der Waals surface area contributed by atoms with Crippen LogP contribution in [0.25, 0.3) is 11.5 Å². The number of aromatic nitrogens is 2. The molecule has 0 bridgehead atoms. The van der Waals surface area contributed by atoms with Gasteiger partial charge in [0.2, 0.25) is 11.8 Å². The first-order chi connectivity index (χ1) is 20.1. The molecule has 1 aliphatic heterocycles. The highest BCUT2D eigenvalue weighted by molar-refractivity contribution is 6.00. The highest BCUT2D eigenvalue weighted by Crippen LogP contribution is 2.45. The number of benzene rings is 2. The number of ether oxygens (including phenoxy) is 2. The van der Waals surface area contributed by atoms with Crippen molar-refractivity contribution >= 4 is 17.7 Å². The van der Waals surface area contributed by atoms with Crippen LogP contribution >= 0.6 is 0 Å². The minimum Gasteiger partial charge on any atom is -0.444 e. The number of alkyl carbamates (subject to hydrolysis) is 1. The third-order valence-corrected chi connectivity index (χ3v) is 6.28. The average molecular weight is 629 g/mol. The molecule has 1 aromatic heterocycles. The molecular formula is C29H30F6N4O5. The molecule has 1 N–H and O–H groups in total. The Kier molecular flexibility index (Phi) is 8.39. The monoisotopic (exact) mass is 628 g/mol. The molecule has 238 valence electrons. The van der Waals surface area contributed by atoms with Gasteiger partial charge in [-0.05, 0) is 50.6 Å². The number of fused-ring (bicyclic) bond motifs is 1. The second kappa shape index (κ2) is 11.3. The molecule has 0 aliphatic carbocycles. The van der Waals surface area contributed by atoms with E-state index < -0.39 is 77.1 Å². The predicted octanol–water partition coefficient (Wildman–Crippen LogP) is 6.99. The van der Waals surface area contributed by atoms with Gasteiger partial charge in [-0.25, -0.2) is 18.0 Å². The zero-order valence-electron chi connectivity index (χ0n) is 24.6. The van der Waals surface area contributed by atoms with Crippen molar-refractivity contribution in [1.82, 2.24) is 15.5 Å². The number of hydrogen-bond acceptors (Lipinski definition) is 7. The molecule has 0 fully saturated rings. The first kappa shape index (κ1) is 32.6. The number of carbonyl (C=O) groups excluding carboxylic acids is 2. The van der Waals surface area contributed by atoms with Gasteiger partial charge in [0.25, 0.3) is 11.8 Å². The smallest absolute Gasteiger partial charge is 0.444 e. The van der Waals surface area contributed by atoms with Crippen LogP contribution in [0.2, 0.25) is 0 Å². The highest BCUT2D eigenvalue weighted by Gasteiger charge is 2.47. The van der Waals surface area contributed by atoms with Gasteiger partial charge in [0.05, 0.1) is 17.8 Å². The van der Waals surface area contributed by atoms with E-state index >= 15 is 13.2 Å². The summed E-state index contributed by atoms with van der Waals surface area (Å²) in [5.41, 5.74) is -3.10. The van der Waals surface area contributed by atoms with Gasteiger partial charge in [-0.2, -0.15) is 0 Å². The van der Waals surface area contributed by atoms with Crippen molar-refractivity contribution in [2.45, 2.75) is 83.9 Å². The lowest BCUT2D eigenvalue weighted by Gasteiger charge is -2.27. The Balaban J connectivity index is 1.81. The van der Waals surface area contributed by atoms with Gasteiger partial charge in [-0.1, -0.05) is 32.9 Å². The Morgan fingerprint density at radius 1 is 1.07 bits per heavy atom. The summed E-state index contributed by atoms with van der Waals surface area (Å²) in [6.45, 7) is 9.46. The van der Waals surface area contributed by atoms with Crippen molar-refractivity contribution in [2.24, 2.45) is 0 Å². The van der Waals surface area contributed by atoms with Crippen LogP contribution in [0.1, 0.15) is 65.0 Å². The summed E-state index contributed by atoms with van der Waals surface area (Å²) < 4.78 is 99.5. The van der Waals surface area contributed by atoms with Crippen molar-refractivity contribution in [3.8, 4) is 17.2 Å². The van der Waals surface area contributed by atoms with Gasteiger partial charge >= 0.3 is 12.5 Å². The third kappa shape index (κ3) is 7.61. The number of nitrogens with one attached hydrogen (secondary N) is 1. The van der Waals surface area contributed by atoms with E-state index in [9.17, 15) is 22.8 Å². The van der Waals surface area contributed by atoms with Crippen molar-refractivity contribution in [1.29, 1.82) is 0 Å². The first-order valence-electron chi connectivity index (χ1n) is 13.3. The Hall–Kier alpha value is -4.30.